The summed E-state index contributed by atoms with van der Waals surface area (Å²) in [6.07, 6.45) is 1.64. The fourth-order valence-electron chi connectivity index (χ4n) is 0.773. The van der Waals surface area contributed by atoms with E-state index in [-0.39, 0.29) is 6.42 Å². The highest BCUT2D eigenvalue weighted by Gasteiger charge is 2.15. The molecule has 0 spiro atoms. The SMILES string of the molecule is N#C[C@H](Cc1ccco1)S(=O)O. The van der Waals surface area contributed by atoms with Crippen LogP contribution in [0.1, 0.15) is 5.76 Å². The molecule has 12 heavy (non-hydrogen) atoms. The van der Waals surface area contributed by atoms with Crippen LogP contribution in [0.15, 0.2) is 22.8 Å². The van der Waals surface area contributed by atoms with Gasteiger partial charge in [-0.05, 0) is 12.1 Å². The molecule has 1 rings (SSSR count). The minimum absolute atomic E-state index is 0.173. The minimum Gasteiger partial charge on any atom is -0.469 e. The molecule has 0 radical (unpaired) electrons. The number of hydrogen-bond acceptors (Lipinski definition) is 3. The molecule has 0 fully saturated rings. The summed E-state index contributed by atoms with van der Waals surface area (Å²) >= 11 is -2.11. The van der Waals surface area contributed by atoms with E-state index >= 15 is 0 Å². The third kappa shape index (κ3) is 2.19. The Bertz CT molecular complexity index is 301. The van der Waals surface area contributed by atoms with E-state index in [1.165, 1.54) is 6.26 Å². The predicted octanol–water partition coefficient (Wildman–Crippen LogP) is 0.936. The normalized spacial score (nSPS) is 15.0. The van der Waals surface area contributed by atoms with Crippen LogP contribution < -0.4 is 0 Å². The molecule has 0 aromatic carbocycles. The molecule has 64 valence electrons. The first-order valence-corrected chi connectivity index (χ1v) is 4.42. The van der Waals surface area contributed by atoms with Gasteiger partial charge in [-0.3, -0.25) is 0 Å². The number of rotatable bonds is 3. The van der Waals surface area contributed by atoms with Crippen molar-refractivity contribution in [1.82, 2.24) is 0 Å². The lowest BCUT2D eigenvalue weighted by Gasteiger charge is -1.99. The Labute approximate surface area is 72.1 Å². The highest BCUT2D eigenvalue weighted by Crippen LogP contribution is 2.06. The van der Waals surface area contributed by atoms with E-state index in [4.69, 9.17) is 14.2 Å². The fraction of sp³-hybridized carbons (Fsp3) is 0.286. The molecule has 1 unspecified atom stereocenters. The summed E-state index contributed by atoms with van der Waals surface area (Å²) in [6, 6.07) is 5.06. The molecular formula is C7H7NO3S. The van der Waals surface area contributed by atoms with Gasteiger partial charge in [0.25, 0.3) is 0 Å². The first-order valence-electron chi connectivity index (χ1n) is 3.25. The highest BCUT2D eigenvalue weighted by molar-refractivity contribution is 7.80. The quantitative estimate of drug-likeness (QED) is 0.711. The Balaban J connectivity index is 2.62. The Morgan fingerprint density at radius 3 is 3.00 bits per heavy atom. The summed E-state index contributed by atoms with van der Waals surface area (Å²) in [5, 5.41) is 7.54. The first kappa shape index (κ1) is 8.97. The number of hydrogen-bond donors (Lipinski definition) is 1. The van der Waals surface area contributed by atoms with Gasteiger partial charge in [0, 0.05) is 6.42 Å². The van der Waals surface area contributed by atoms with E-state index in [1.807, 2.05) is 0 Å². The van der Waals surface area contributed by atoms with Gasteiger partial charge >= 0.3 is 0 Å². The second-order valence-electron chi connectivity index (χ2n) is 2.18. The highest BCUT2D eigenvalue weighted by atomic mass is 32.2. The molecule has 4 nitrogen and oxygen atoms in total. The van der Waals surface area contributed by atoms with Gasteiger partial charge < -0.3 is 8.97 Å². The van der Waals surface area contributed by atoms with Gasteiger partial charge in [0.2, 0.25) is 0 Å². The molecule has 1 heterocycles. The van der Waals surface area contributed by atoms with E-state index in [2.05, 4.69) is 0 Å². The summed E-state index contributed by atoms with van der Waals surface area (Å²) in [5.74, 6) is 0.545. The van der Waals surface area contributed by atoms with Crippen molar-refractivity contribution < 1.29 is 13.2 Å². The minimum atomic E-state index is -2.11. The van der Waals surface area contributed by atoms with Crippen molar-refractivity contribution in [3.8, 4) is 6.07 Å². The first-order chi connectivity index (χ1) is 5.74. The van der Waals surface area contributed by atoms with Crippen molar-refractivity contribution in [1.29, 1.82) is 5.26 Å². The van der Waals surface area contributed by atoms with E-state index in [0.29, 0.717) is 5.76 Å². The summed E-state index contributed by atoms with van der Waals surface area (Å²) in [5.41, 5.74) is 0. The summed E-state index contributed by atoms with van der Waals surface area (Å²) in [6.45, 7) is 0. The average Bonchev–Trinajstić information content (AvgIpc) is 2.51. The Hall–Kier alpha value is -1.12. The Morgan fingerprint density at radius 1 is 1.83 bits per heavy atom. The van der Waals surface area contributed by atoms with Gasteiger partial charge in [0.1, 0.15) is 5.76 Å². The number of furan rings is 1. The zero-order valence-corrected chi connectivity index (χ0v) is 6.95. The molecule has 1 N–H and O–H groups in total. The largest absolute Gasteiger partial charge is 0.469 e. The molecule has 0 saturated carbocycles. The topological polar surface area (TPSA) is 74.2 Å². The van der Waals surface area contributed by atoms with Crippen LogP contribution in [0.2, 0.25) is 0 Å². The van der Waals surface area contributed by atoms with Crippen molar-refractivity contribution in [2.24, 2.45) is 0 Å². The zero-order chi connectivity index (χ0) is 8.97. The molecule has 0 aliphatic carbocycles. The second-order valence-corrected chi connectivity index (χ2v) is 3.30. The van der Waals surface area contributed by atoms with Gasteiger partial charge in [0.15, 0.2) is 16.3 Å². The third-order valence-corrected chi connectivity index (χ3v) is 2.11. The molecule has 5 heteroatoms. The zero-order valence-electron chi connectivity index (χ0n) is 6.14. The van der Waals surface area contributed by atoms with Crippen LogP contribution in [0.25, 0.3) is 0 Å². The van der Waals surface area contributed by atoms with Crippen molar-refractivity contribution in [2.45, 2.75) is 11.7 Å². The van der Waals surface area contributed by atoms with E-state index in [1.54, 1.807) is 18.2 Å². The molecule has 1 aromatic heterocycles. The number of nitriles is 1. The second kappa shape index (κ2) is 4.04. The summed E-state index contributed by atoms with van der Waals surface area (Å²) in [7, 11) is 0. The van der Waals surface area contributed by atoms with Crippen molar-refractivity contribution in [3.05, 3.63) is 24.2 Å². The summed E-state index contributed by atoms with van der Waals surface area (Å²) < 4.78 is 24.0. The molecule has 0 amide bonds. The molecule has 0 bridgehead atoms. The van der Waals surface area contributed by atoms with Crippen molar-refractivity contribution in [3.63, 3.8) is 0 Å². The maximum atomic E-state index is 10.5. The maximum absolute atomic E-state index is 10.5. The molecule has 2 atom stereocenters. The van der Waals surface area contributed by atoms with Crippen LogP contribution in [0, 0.1) is 11.3 Å². The average molecular weight is 185 g/mol. The fourth-order valence-corrected chi connectivity index (χ4v) is 1.17. The maximum Gasteiger partial charge on any atom is 0.171 e. The third-order valence-electron chi connectivity index (χ3n) is 1.35. The standard InChI is InChI=1S/C7H7NO3S/c8-5-7(12(9)10)4-6-2-1-3-11-6/h1-3,7H,4H2,(H,9,10)/t7-/m0/s1. The van der Waals surface area contributed by atoms with E-state index in [9.17, 15) is 4.21 Å². The van der Waals surface area contributed by atoms with Gasteiger partial charge in [-0.2, -0.15) is 5.26 Å². The summed E-state index contributed by atoms with van der Waals surface area (Å²) in [4.78, 5) is 0. The van der Waals surface area contributed by atoms with Crippen LogP contribution in [-0.4, -0.2) is 14.0 Å². The lowest BCUT2D eigenvalue weighted by atomic mass is 10.3. The lowest BCUT2D eigenvalue weighted by molar-refractivity contribution is 0.502. The van der Waals surface area contributed by atoms with Crippen LogP contribution in [0.5, 0.6) is 0 Å². The Morgan fingerprint density at radius 2 is 2.58 bits per heavy atom. The monoisotopic (exact) mass is 185 g/mol. The van der Waals surface area contributed by atoms with Gasteiger partial charge in [0.05, 0.1) is 12.3 Å². The molecule has 1 aromatic rings. The Kier molecular flexibility index (Phi) is 3.02. The molecular weight excluding hydrogens is 178 g/mol. The smallest absolute Gasteiger partial charge is 0.171 e. The lowest BCUT2D eigenvalue weighted by Crippen LogP contribution is -2.14. The van der Waals surface area contributed by atoms with Crippen molar-refractivity contribution in [2.75, 3.05) is 0 Å². The van der Waals surface area contributed by atoms with Crippen LogP contribution in [0.4, 0.5) is 0 Å². The van der Waals surface area contributed by atoms with Crippen molar-refractivity contribution >= 4 is 11.1 Å². The van der Waals surface area contributed by atoms with Crippen LogP contribution in [0.3, 0.4) is 0 Å². The van der Waals surface area contributed by atoms with Gasteiger partial charge in [-0.1, -0.05) is 0 Å². The molecule has 0 aliphatic rings. The molecule has 0 aliphatic heterocycles. The van der Waals surface area contributed by atoms with Crippen LogP contribution >= 0.6 is 0 Å². The number of nitrogens with zero attached hydrogens (tertiary/aromatic N) is 1. The van der Waals surface area contributed by atoms with Crippen LogP contribution in [-0.2, 0) is 17.5 Å². The molecule has 0 saturated heterocycles. The van der Waals surface area contributed by atoms with Gasteiger partial charge in [-0.25, -0.2) is 4.21 Å². The van der Waals surface area contributed by atoms with E-state index < -0.39 is 16.3 Å². The predicted molar refractivity (Wildman–Crippen MR) is 42.6 cm³/mol. The van der Waals surface area contributed by atoms with Gasteiger partial charge in [-0.15, -0.1) is 0 Å². The van der Waals surface area contributed by atoms with E-state index in [0.717, 1.165) is 0 Å².